The molecule has 0 aliphatic rings. The molecule has 1 heterocycles. The van der Waals surface area contributed by atoms with Crippen LogP contribution in [-0.2, 0) is 0 Å². The van der Waals surface area contributed by atoms with Gasteiger partial charge in [0, 0.05) is 12.2 Å². The Morgan fingerprint density at radius 2 is 2.00 bits per heavy atom. The second kappa shape index (κ2) is 6.38. The van der Waals surface area contributed by atoms with Crippen molar-refractivity contribution in [2.45, 2.75) is 13.3 Å². The smallest absolute Gasteiger partial charge is 0.141 e. The lowest BCUT2D eigenvalue weighted by Gasteiger charge is -2.09. The maximum atomic E-state index is 13.1. The Bertz CT molecular complexity index is 560. The summed E-state index contributed by atoms with van der Waals surface area (Å²) in [5, 5.41) is 6.38. The largest absolute Gasteiger partial charge is 0.370 e. The zero-order chi connectivity index (χ0) is 13.7. The molecule has 3 nitrogen and oxygen atoms in total. The minimum absolute atomic E-state index is 0.0882. The average Bonchev–Trinajstić information content (AvgIpc) is 2.41. The third-order valence-corrected chi connectivity index (χ3v) is 2.79. The van der Waals surface area contributed by atoms with Gasteiger partial charge in [-0.25, -0.2) is 9.37 Å². The van der Waals surface area contributed by atoms with Crippen molar-refractivity contribution in [3.63, 3.8) is 0 Å². The van der Waals surface area contributed by atoms with E-state index in [9.17, 15) is 4.39 Å². The molecule has 0 spiro atoms. The first-order chi connectivity index (χ1) is 9.19. The standard InChI is InChI=1S/C14H15ClFN3/c1-2-8-17-13-4-3-5-14(19-13)18-10-6-7-12(16)11(15)9-10/h3-7,9H,2,8H2,1H3,(H2,17,18,19). The van der Waals surface area contributed by atoms with Gasteiger partial charge < -0.3 is 10.6 Å². The van der Waals surface area contributed by atoms with Gasteiger partial charge in [0.15, 0.2) is 0 Å². The number of nitrogens with one attached hydrogen (secondary N) is 2. The lowest BCUT2D eigenvalue weighted by atomic mass is 10.3. The minimum Gasteiger partial charge on any atom is -0.370 e. The molecule has 0 aliphatic carbocycles. The maximum Gasteiger partial charge on any atom is 0.141 e. The van der Waals surface area contributed by atoms with Gasteiger partial charge in [-0.15, -0.1) is 0 Å². The van der Waals surface area contributed by atoms with Crippen LogP contribution in [0.2, 0.25) is 5.02 Å². The Hall–Kier alpha value is -1.81. The predicted molar refractivity (Wildman–Crippen MR) is 77.7 cm³/mol. The molecule has 0 radical (unpaired) electrons. The molecule has 1 aromatic carbocycles. The first kappa shape index (κ1) is 13.6. The molecular weight excluding hydrogens is 265 g/mol. The van der Waals surface area contributed by atoms with Crippen molar-refractivity contribution in [1.82, 2.24) is 4.98 Å². The van der Waals surface area contributed by atoms with Gasteiger partial charge in [-0.05, 0) is 36.8 Å². The number of hydrogen-bond donors (Lipinski definition) is 2. The third-order valence-electron chi connectivity index (χ3n) is 2.50. The highest BCUT2D eigenvalue weighted by atomic mass is 35.5. The Morgan fingerprint density at radius 3 is 2.74 bits per heavy atom. The molecule has 0 saturated carbocycles. The van der Waals surface area contributed by atoms with E-state index in [1.807, 2.05) is 18.2 Å². The summed E-state index contributed by atoms with van der Waals surface area (Å²) in [6.07, 6.45) is 1.03. The highest BCUT2D eigenvalue weighted by Gasteiger charge is 2.02. The van der Waals surface area contributed by atoms with Crippen LogP contribution in [-0.4, -0.2) is 11.5 Å². The second-order valence-electron chi connectivity index (χ2n) is 4.09. The van der Waals surface area contributed by atoms with Gasteiger partial charge >= 0.3 is 0 Å². The molecule has 0 aliphatic heterocycles. The monoisotopic (exact) mass is 279 g/mol. The molecule has 0 bridgehead atoms. The van der Waals surface area contributed by atoms with Crippen molar-refractivity contribution >= 4 is 28.9 Å². The summed E-state index contributed by atoms with van der Waals surface area (Å²) in [4.78, 5) is 4.40. The highest BCUT2D eigenvalue weighted by Crippen LogP contribution is 2.22. The fourth-order valence-corrected chi connectivity index (χ4v) is 1.76. The van der Waals surface area contributed by atoms with Gasteiger partial charge in [0.05, 0.1) is 5.02 Å². The van der Waals surface area contributed by atoms with E-state index in [-0.39, 0.29) is 5.02 Å². The molecule has 1 aromatic heterocycles. The Kier molecular flexibility index (Phi) is 4.58. The lowest BCUT2D eigenvalue weighted by Crippen LogP contribution is -2.03. The molecule has 5 heteroatoms. The summed E-state index contributed by atoms with van der Waals surface area (Å²) in [7, 11) is 0. The van der Waals surface area contributed by atoms with Crippen LogP contribution in [0.1, 0.15) is 13.3 Å². The van der Waals surface area contributed by atoms with E-state index in [4.69, 9.17) is 11.6 Å². The van der Waals surface area contributed by atoms with Crippen LogP contribution in [0, 0.1) is 5.82 Å². The summed E-state index contributed by atoms with van der Waals surface area (Å²) >= 11 is 5.73. The molecule has 100 valence electrons. The Balaban J connectivity index is 2.11. The maximum absolute atomic E-state index is 13.1. The third kappa shape index (κ3) is 3.83. The van der Waals surface area contributed by atoms with Crippen LogP contribution in [0.5, 0.6) is 0 Å². The van der Waals surface area contributed by atoms with Gasteiger partial charge in [-0.3, -0.25) is 0 Å². The van der Waals surface area contributed by atoms with E-state index in [2.05, 4.69) is 22.5 Å². The second-order valence-corrected chi connectivity index (χ2v) is 4.50. The molecule has 19 heavy (non-hydrogen) atoms. The van der Waals surface area contributed by atoms with Crippen molar-refractivity contribution in [3.05, 3.63) is 47.2 Å². The molecule has 0 fully saturated rings. The van der Waals surface area contributed by atoms with Crippen LogP contribution in [0.25, 0.3) is 0 Å². The molecule has 2 N–H and O–H groups in total. The number of rotatable bonds is 5. The SMILES string of the molecule is CCCNc1cccc(Nc2ccc(F)c(Cl)c2)n1. The number of benzene rings is 1. The van der Waals surface area contributed by atoms with E-state index in [1.165, 1.54) is 12.1 Å². The van der Waals surface area contributed by atoms with Gasteiger partial charge in [0.25, 0.3) is 0 Å². The number of aromatic nitrogens is 1. The van der Waals surface area contributed by atoms with Gasteiger partial charge in [0.2, 0.25) is 0 Å². The molecule has 2 rings (SSSR count). The van der Waals surface area contributed by atoms with Crippen molar-refractivity contribution in [2.75, 3.05) is 17.2 Å². The van der Waals surface area contributed by atoms with Crippen molar-refractivity contribution < 1.29 is 4.39 Å². The molecular formula is C14H15ClFN3. The van der Waals surface area contributed by atoms with Crippen LogP contribution in [0.3, 0.4) is 0 Å². The zero-order valence-corrected chi connectivity index (χ0v) is 11.3. The zero-order valence-electron chi connectivity index (χ0n) is 10.6. The van der Waals surface area contributed by atoms with E-state index in [0.29, 0.717) is 11.5 Å². The van der Waals surface area contributed by atoms with Crippen LogP contribution >= 0.6 is 11.6 Å². The van der Waals surface area contributed by atoms with E-state index in [0.717, 1.165) is 18.8 Å². The number of hydrogen-bond acceptors (Lipinski definition) is 3. The van der Waals surface area contributed by atoms with Crippen LogP contribution in [0.4, 0.5) is 21.7 Å². The first-order valence-corrected chi connectivity index (χ1v) is 6.50. The first-order valence-electron chi connectivity index (χ1n) is 6.12. The Morgan fingerprint density at radius 1 is 1.21 bits per heavy atom. The van der Waals surface area contributed by atoms with Crippen LogP contribution in [0.15, 0.2) is 36.4 Å². The topological polar surface area (TPSA) is 37.0 Å². The van der Waals surface area contributed by atoms with E-state index < -0.39 is 5.82 Å². The highest BCUT2D eigenvalue weighted by molar-refractivity contribution is 6.31. The molecule has 2 aromatic rings. The van der Waals surface area contributed by atoms with Gasteiger partial charge in [-0.2, -0.15) is 0 Å². The average molecular weight is 280 g/mol. The summed E-state index contributed by atoms with van der Waals surface area (Å²) in [6.45, 7) is 2.97. The fourth-order valence-electron chi connectivity index (χ4n) is 1.58. The predicted octanol–water partition coefficient (Wildman–Crippen LogP) is 4.44. The van der Waals surface area contributed by atoms with E-state index in [1.54, 1.807) is 6.07 Å². The van der Waals surface area contributed by atoms with Crippen LogP contribution < -0.4 is 10.6 Å². The Labute approximate surface area is 116 Å². The van der Waals surface area contributed by atoms with Crippen molar-refractivity contribution in [3.8, 4) is 0 Å². The summed E-state index contributed by atoms with van der Waals surface area (Å²) in [6, 6.07) is 10.1. The number of nitrogens with zero attached hydrogens (tertiary/aromatic N) is 1. The van der Waals surface area contributed by atoms with Crippen molar-refractivity contribution in [1.29, 1.82) is 0 Å². The number of pyridine rings is 1. The summed E-state index contributed by atoms with van der Waals surface area (Å²) in [5.74, 6) is 1.06. The molecule has 0 unspecified atom stereocenters. The number of halogens is 2. The van der Waals surface area contributed by atoms with E-state index >= 15 is 0 Å². The molecule has 0 atom stereocenters. The quantitative estimate of drug-likeness (QED) is 0.849. The summed E-state index contributed by atoms with van der Waals surface area (Å²) < 4.78 is 13.1. The van der Waals surface area contributed by atoms with Gasteiger partial charge in [-0.1, -0.05) is 24.6 Å². The normalized spacial score (nSPS) is 10.3. The summed E-state index contributed by atoms with van der Waals surface area (Å²) in [5.41, 5.74) is 0.701. The fraction of sp³-hybridized carbons (Fsp3) is 0.214. The minimum atomic E-state index is -0.432. The van der Waals surface area contributed by atoms with Crippen molar-refractivity contribution in [2.24, 2.45) is 0 Å². The molecule has 0 saturated heterocycles. The molecule has 0 amide bonds. The lowest BCUT2D eigenvalue weighted by molar-refractivity contribution is 0.628. The van der Waals surface area contributed by atoms with Gasteiger partial charge in [0.1, 0.15) is 17.5 Å². The number of anilines is 3.